The Labute approximate surface area is 163 Å². The first-order chi connectivity index (χ1) is 13.6. The molecule has 140 valence electrons. The van der Waals surface area contributed by atoms with Gasteiger partial charge in [0.2, 0.25) is 5.88 Å². The molecule has 0 radical (unpaired) electrons. The van der Waals surface area contributed by atoms with Crippen LogP contribution in [0.5, 0.6) is 5.88 Å². The number of hydrogen-bond acceptors (Lipinski definition) is 5. The molecule has 0 unspecified atom stereocenters. The summed E-state index contributed by atoms with van der Waals surface area (Å²) in [5, 5.41) is 4.65. The molecule has 0 saturated heterocycles. The van der Waals surface area contributed by atoms with Gasteiger partial charge in [-0.15, -0.1) is 5.10 Å². The molecule has 0 aliphatic heterocycles. The zero-order valence-electron chi connectivity index (χ0n) is 16.1. The largest absolute Gasteiger partial charge is 0.481 e. The summed E-state index contributed by atoms with van der Waals surface area (Å²) in [5.74, 6) is 1.86. The van der Waals surface area contributed by atoms with Gasteiger partial charge in [0.25, 0.3) is 0 Å². The van der Waals surface area contributed by atoms with Crippen molar-refractivity contribution < 1.29 is 4.74 Å². The number of hydrogen-bond donors (Lipinski definition) is 0. The summed E-state index contributed by atoms with van der Waals surface area (Å²) in [6, 6.07) is 21.7. The molecular formula is C22H21N5O. The number of ether oxygens (including phenoxy) is 1. The van der Waals surface area contributed by atoms with E-state index in [0.717, 1.165) is 17.0 Å². The van der Waals surface area contributed by atoms with E-state index in [1.165, 1.54) is 0 Å². The fraction of sp³-hybridized carbons (Fsp3) is 0.182. The van der Waals surface area contributed by atoms with Crippen LogP contribution in [0.3, 0.4) is 0 Å². The molecule has 0 amide bonds. The van der Waals surface area contributed by atoms with Crippen LogP contribution in [-0.2, 0) is 5.41 Å². The van der Waals surface area contributed by atoms with Gasteiger partial charge in [-0.3, -0.25) is 4.98 Å². The third kappa shape index (κ3) is 3.36. The molecule has 0 fully saturated rings. The molecule has 28 heavy (non-hydrogen) atoms. The van der Waals surface area contributed by atoms with E-state index in [0.29, 0.717) is 17.5 Å². The number of aromatic nitrogens is 5. The van der Waals surface area contributed by atoms with Gasteiger partial charge >= 0.3 is 0 Å². The predicted octanol–water partition coefficient (Wildman–Crippen LogP) is 4.06. The maximum absolute atomic E-state index is 5.19. The van der Waals surface area contributed by atoms with Crippen molar-refractivity contribution in [1.82, 2.24) is 24.7 Å². The topological polar surface area (TPSA) is 65.7 Å². The second kappa shape index (κ2) is 7.23. The summed E-state index contributed by atoms with van der Waals surface area (Å²) in [6.45, 7) is 4.14. The van der Waals surface area contributed by atoms with E-state index in [9.17, 15) is 0 Å². The fourth-order valence-electron chi connectivity index (χ4n) is 2.97. The summed E-state index contributed by atoms with van der Waals surface area (Å²) in [4.78, 5) is 13.8. The van der Waals surface area contributed by atoms with Crippen molar-refractivity contribution in [1.29, 1.82) is 0 Å². The smallest absolute Gasteiger partial charge is 0.214 e. The molecule has 6 nitrogen and oxygen atoms in total. The highest BCUT2D eigenvalue weighted by Gasteiger charge is 2.29. The zero-order valence-corrected chi connectivity index (χ0v) is 16.1. The van der Waals surface area contributed by atoms with E-state index in [1.54, 1.807) is 24.2 Å². The average molecular weight is 371 g/mol. The van der Waals surface area contributed by atoms with Crippen molar-refractivity contribution >= 4 is 0 Å². The number of methoxy groups -OCH3 is 1. The van der Waals surface area contributed by atoms with E-state index < -0.39 is 5.41 Å². The molecule has 4 aromatic rings. The predicted molar refractivity (Wildman–Crippen MR) is 108 cm³/mol. The van der Waals surface area contributed by atoms with E-state index in [2.05, 4.69) is 41.0 Å². The first kappa shape index (κ1) is 17.9. The van der Waals surface area contributed by atoms with Crippen LogP contribution in [0.1, 0.15) is 25.4 Å². The summed E-state index contributed by atoms with van der Waals surface area (Å²) < 4.78 is 6.85. The van der Waals surface area contributed by atoms with Gasteiger partial charge in [0.05, 0.1) is 23.9 Å². The van der Waals surface area contributed by atoms with Crippen molar-refractivity contribution in [2.75, 3.05) is 7.11 Å². The Morgan fingerprint density at radius 3 is 2.43 bits per heavy atom. The molecule has 3 heterocycles. The van der Waals surface area contributed by atoms with Crippen LogP contribution in [-0.4, -0.2) is 31.8 Å². The van der Waals surface area contributed by atoms with Gasteiger partial charge in [-0.1, -0.05) is 42.5 Å². The maximum Gasteiger partial charge on any atom is 0.214 e. The number of nitrogens with zero attached hydrogens (tertiary/aromatic N) is 5. The maximum atomic E-state index is 5.19. The Morgan fingerprint density at radius 2 is 1.64 bits per heavy atom. The van der Waals surface area contributed by atoms with Gasteiger partial charge < -0.3 is 4.74 Å². The van der Waals surface area contributed by atoms with Gasteiger partial charge in [0, 0.05) is 11.6 Å². The van der Waals surface area contributed by atoms with Crippen LogP contribution in [0.2, 0.25) is 0 Å². The normalized spacial score (nSPS) is 11.4. The van der Waals surface area contributed by atoms with Crippen molar-refractivity contribution in [2.45, 2.75) is 19.3 Å². The molecule has 0 bridgehead atoms. The van der Waals surface area contributed by atoms with E-state index in [1.807, 2.05) is 48.5 Å². The zero-order chi connectivity index (χ0) is 19.6. The van der Waals surface area contributed by atoms with Crippen molar-refractivity contribution in [3.8, 4) is 23.0 Å². The molecule has 0 saturated carbocycles. The highest BCUT2D eigenvalue weighted by molar-refractivity contribution is 5.59. The van der Waals surface area contributed by atoms with Gasteiger partial charge in [-0.05, 0) is 32.0 Å². The van der Waals surface area contributed by atoms with Gasteiger partial charge in [-0.2, -0.15) is 4.98 Å². The highest BCUT2D eigenvalue weighted by Crippen LogP contribution is 2.29. The molecule has 0 aliphatic carbocycles. The Hall–Kier alpha value is -3.54. The average Bonchev–Trinajstić information content (AvgIpc) is 3.26. The second-order valence-corrected chi connectivity index (χ2v) is 6.95. The molecule has 6 heteroatoms. The third-order valence-electron chi connectivity index (χ3n) is 4.66. The first-order valence-electron chi connectivity index (χ1n) is 9.04. The lowest BCUT2D eigenvalue weighted by Gasteiger charge is -2.21. The van der Waals surface area contributed by atoms with Crippen molar-refractivity contribution in [3.05, 3.63) is 84.6 Å². The van der Waals surface area contributed by atoms with Gasteiger partial charge in [0.1, 0.15) is 6.33 Å². The monoisotopic (exact) mass is 371 g/mol. The van der Waals surface area contributed by atoms with Crippen LogP contribution >= 0.6 is 0 Å². The molecule has 0 aliphatic rings. The van der Waals surface area contributed by atoms with Crippen LogP contribution in [0.4, 0.5) is 0 Å². The van der Waals surface area contributed by atoms with Crippen LogP contribution in [0, 0.1) is 0 Å². The lowest BCUT2D eigenvalue weighted by atomic mass is 9.87. The Bertz CT molecular complexity index is 1090. The molecular weight excluding hydrogens is 350 g/mol. The van der Waals surface area contributed by atoms with Crippen molar-refractivity contribution in [3.63, 3.8) is 0 Å². The van der Waals surface area contributed by atoms with Gasteiger partial charge in [-0.25, -0.2) is 9.67 Å². The molecule has 0 spiro atoms. The summed E-state index contributed by atoms with van der Waals surface area (Å²) in [5.41, 5.74) is 2.46. The first-order valence-corrected chi connectivity index (χ1v) is 9.04. The minimum Gasteiger partial charge on any atom is -0.481 e. The molecule has 0 atom stereocenters. The molecule has 1 aromatic carbocycles. The number of rotatable bonds is 5. The number of pyridine rings is 2. The van der Waals surface area contributed by atoms with Crippen LogP contribution in [0.15, 0.2) is 73.1 Å². The van der Waals surface area contributed by atoms with E-state index >= 15 is 0 Å². The third-order valence-corrected chi connectivity index (χ3v) is 4.66. The second-order valence-electron chi connectivity index (χ2n) is 6.95. The Balaban J connectivity index is 1.68. The minimum absolute atomic E-state index is 0.463. The highest BCUT2D eigenvalue weighted by atomic mass is 16.5. The minimum atomic E-state index is -0.463. The fourth-order valence-corrected chi connectivity index (χ4v) is 2.97. The summed E-state index contributed by atoms with van der Waals surface area (Å²) in [6.07, 6.45) is 1.67. The van der Waals surface area contributed by atoms with Crippen molar-refractivity contribution in [2.24, 2.45) is 0 Å². The Kier molecular flexibility index (Phi) is 4.61. The Morgan fingerprint density at radius 1 is 0.857 bits per heavy atom. The standard InChI is InChI=1S/C22H21N5O/c1-22(2,18-12-7-11-17(24-18)16-9-5-4-6-10-16)21-23-15-27(26-21)19-13-8-14-20(25-19)28-3/h4-15H,1-3H3. The molecule has 4 rings (SSSR count). The number of benzene rings is 1. The van der Waals surface area contributed by atoms with Gasteiger partial charge in [0.15, 0.2) is 11.6 Å². The summed E-state index contributed by atoms with van der Waals surface area (Å²) >= 11 is 0. The van der Waals surface area contributed by atoms with E-state index in [-0.39, 0.29) is 0 Å². The van der Waals surface area contributed by atoms with Crippen LogP contribution < -0.4 is 4.74 Å². The quantitative estimate of drug-likeness (QED) is 0.529. The SMILES string of the molecule is COc1cccc(-n2cnc(C(C)(C)c3cccc(-c4ccccc4)n3)n2)n1. The van der Waals surface area contributed by atoms with E-state index in [4.69, 9.17) is 9.72 Å². The van der Waals surface area contributed by atoms with Crippen LogP contribution in [0.25, 0.3) is 17.1 Å². The lowest BCUT2D eigenvalue weighted by molar-refractivity contribution is 0.397. The summed E-state index contributed by atoms with van der Waals surface area (Å²) in [7, 11) is 1.59. The molecule has 0 N–H and O–H groups in total. The lowest BCUT2D eigenvalue weighted by Crippen LogP contribution is -2.23. The molecule has 3 aromatic heterocycles.